The average molecular weight is 613 g/mol. The smallest absolute Gasteiger partial charge is 0.175 e. The van der Waals surface area contributed by atoms with Crippen molar-refractivity contribution < 1.29 is 9.84 Å². The molecule has 7 rings (SSSR count). The topological polar surface area (TPSA) is 79.5 Å². The Morgan fingerprint density at radius 1 is 0.756 bits per heavy atom. The number of anilines is 5. The minimum atomic E-state index is -0.620. The summed E-state index contributed by atoms with van der Waals surface area (Å²) in [4.78, 5) is 8.32. The first kappa shape index (κ1) is 28.6. The highest BCUT2D eigenvalue weighted by atomic mass is 32.2. The Hall–Kier alpha value is -5.12. The van der Waals surface area contributed by atoms with Crippen LogP contribution in [0, 0.1) is 0 Å². The summed E-state index contributed by atoms with van der Waals surface area (Å²) in [6.45, 7) is 0.428. The predicted molar refractivity (Wildman–Crippen MR) is 179 cm³/mol. The zero-order chi connectivity index (χ0) is 30.6. The van der Waals surface area contributed by atoms with Crippen LogP contribution in [0.1, 0.15) is 12.2 Å². The van der Waals surface area contributed by atoms with Crippen LogP contribution in [0.25, 0.3) is 5.69 Å². The maximum atomic E-state index is 11.4. The van der Waals surface area contributed by atoms with E-state index in [1.54, 1.807) is 18.9 Å². The number of hydrogen-bond donors (Lipinski definition) is 1. The number of aromatic nitrogens is 4. The number of benzene rings is 5. The molecule has 0 amide bonds. The second kappa shape index (κ2) is 12.9. The molecule has 1 aliphatic heterocycles. The van der Waals surface area contributed by atoms with E-state index in [1.165, 1.54) is 4.80 Å². The summed E-state index contributed by atoms with van der Waals surface area (Å²) in [5, 5.41) is 24.3. The summed E-state index contributed by atoms with van der Waals surface area (Å²) in [6.07, 6.45) is 0.379. The van der Waals surface area contributed by atoms with Crippen molar-refractivity contribution in [3.05, 3.63) is 133 Å². The van der Waals surface area contributed by atoms with E-state index in [1.807, 2.05) is 36.4 Å². The van der Waals surface area contributed by atoms with Gasteiger partial charge in [-0.15, -0.1) is 15.0 Å². The summed E-state index contributed by atoms with van der Waals surface area (Å²) >= 11 is 1.76. The number of aliphatic hydroxyl groups excluding tert-OH is 1. The van der Waals surface area contributed by atoms with Crippen molar-refractivity contribution in [2.24, 2.45) is 0 Å². The van der Waals surface area contributed by atoms with E-state index in [0.717, 1.165) is 49.7 Å². The van der Waals surface area contributed by atoms with Gasteiger partial charge < -0.3 is 19.6 Å². The average Bonchev–Trinajstić information content (AvgIpc) is 3.58. The first-order chi connectivity index (χ1) is 22.2. The molecule has 0 bridgehead atoms. The Kier molecular flexibility index (Phi) is 8.18. The fourth-order valence-electron chi connectivity index (χ4n) is 5.52. The number of hydrogen-bond acceptors (Lipinski definition) is 8. The zero-order valence-corrected chi connectivity index (χ0v) is 25.6. The number of ether oxygens (including phenoxy) is 1. The summed E-state index contributed by atoms with van der Waals surface area (Å²) in [6, 6.07) is 43.2. The molecule has 1 aromatic heterocycles. The largest absolute Gasteiger partial charge is 0.497 e. The van der Waals surface area contributed by atoms with Gasteiger partial charge in [0.05, 0.1) is 30.3 Å². The van der Waals surface area contributed by atoms with Crippen molar-refractivity contribution in [2.75, 3.05) is 23.5 Å². The minimum Gasteiger partial charge on any atom is -0.497 e. The van der Waals surface area contributed by atoms with Crippen LogP contribution in [0.2, 0.25) is 0 Å². The molecular formula is C36H32N6O2S. The van der Waals surface area contributed by atoms with Crippen LogP contribution in [0.5, 0.6) is 5.75 Å². The number of nitrogens with zero attached hydrogens (tertiary/aromatic N) is 6. The Balaban J connectivity index is 1.15. The van der Waals surface area contributed by atoms with Gasteiger partial charge in [0.25, 0.3) is 0 Å². The van der Waals surface area contributed by atoms with Crippen molar-refractivity contribution in [3.8, 4) is 11.4 Å². The maximum Gasteiger partial charge on any atom is 0.175 e. The summed E-state index contributed by atoms with van der Waals surface area (Å²) in [7, 11) is 1.63. The fraction of sp³-hybridized carbons (Fsp3) is 0.139. The van der Waals surface area contributed by atoms with Crippen molar-refractivity contribution in [1.82, 2.24) is 20.2 Å². The third-order valence-corrected chi connectivity index (χ3v) is 8.88. The quantitative estimate of drug-likeness (QED) is 0.168. The zero-order valence-electron chi connectivity index (χ0n) is 24.8. The van der Waals surface area contributed by atoms with E-state index in [0.29, 0.717) is 25.2 Å². The highest BCUT2D eigenvalue weighted by Crippen LogP contribution is 2.50. The SMILES string of the molecule is COc1ccc(-n2nnc(CCC(O)CN3c4ccccc4Sc4ccc(N(c5ccccc5)c5ccccc5)cc43)n2)cc1. The molecule has 8 nitrogen and oxygen atoms in total. The van der Waals surface area contributed by atoms with Gasteiger partial charge in [-0.1, -0.05) is 60.3 Å². The molecule has 0 aliphatic carbocycles. The molecule has 0 radical (unpaired) electrons. The van der Waals surface area contributed by atoms with Gasteiger partial charge in [-0.3, -0.25) is 0 Å². The molecule has 1 unspecified atom stereocenters. The van der Waals surface area contributed by atoms with Crippen molar-refractivity contribution in [2.45, 2.75) is 28.7 Å². The van der Waals surface area contributed by atoms with Gasteiger partial charge in [-0.05, 0) is 90.5 Å². The predicted octanol–water partition coefficient (Wildman–Crippen LogP) is 7.74. The number of aryl methyl sites for hydroxylation is 1. The lowest BCUT2D eigenvalue weighted by Gasteiger charge is -2.35. The maximum absolute atomic E-state index is 11.4. The summed E-state index contributed by atoms with van der Waals surface area (Å²) in [5.74, 6) is 1.35. The molecule has 1 aliphatic rings. The molecule has 0 fully saturated rings. The monoisotopic (exact) mass is 612 g/mol. The molecule has 1 N–H and O–H groups in total. The molecule has 0 saturated heterocycles. The van der Waals surface area contributed by atoms with Gasteiger partial charge in [0.15, 0.2) is 5.82 Å². The lowest BCUT2D eigenvalue weighted by molar-refractivity contribution is 0.172. The lowest BCUT2D eigenvalue weighted by atomic mass is 10.1. The van der Waals surface area contributed by atoms with Gasteiger partial charge in [-0.25, -0.2) is 0 Å². The van der Waals surface area contributed by atoms with Crippen LogP contribution < -0.4 is 14.5 Å². The van der Waals surface area contributed by atoms with Crippen LogP contribution in [-0.2, 0) is 6.42 Å². The second-order valence-electron chi connectivity index (χ2n) is 10.7. The molecule has 6 aromatic rings. The Labute approximate surface area is 266 Å². The van der Waals surface area contributed by atoms with Crippen molar-refractivity contribution >= 4 is 40.2 Å². The Bertz CT molecular complexity index is 1840. The lowest BCUT2D eigenvalue weighted by Crippen LogP contribution is -2.31. The molecule has 0 saturated carbocycles. The van der Waals surface area contributed by atoms with Crippen molar-refractivity contribution in [3.63, 3.8) is 0 Å². The van der Waals surface area contributed by atoms with Crippen LogP contribution in [0.4, 0.5) is 28.4 Å². The molecule has 5 aromatic carbocycles. The highest BCUT2D eigenvalue weighted by molar-refractivity contribution is 7.99. The van der Waals surface area contributed by atoms with E-state index in [-0.39, 0.29) is 0 Å². The van der Waals surface area contributed by atoms with Crippen molar-refractivity contribution in [1.29, 1.82) is 0 Å². The number of rotatable bonds is 10. The Morgan fingerprint density at radius 3 is 2.13 bits per heavy atom. The van der Waals surface area contributed by atoms with Gasteiger partial charge in [-0.2, -0.15) is 0 Å². The van der Waals surface area contributed by atoms with Gasteiger partial charge in [0.1, 0.15) is 5.75 Å². The molecule has 0 spiro atoms. The van der Waals surface area contributed by atoms with Gasteiger partial charge in [0, 0.05) is 39.8 Å². The van der Waals surface area contributed by atoms with Gasteiger partial charge >= 0.3 is 0 Å². The van der Waals surface area contributed by atoms with E-state index >= 15 is 0 Å². The first-order valence-corrected chi connectivity index (χ1v) is 15.7. The van der Waals surface area contributed by atoms with E-state index in [2.05, 4.69) is 116 Å². The molecule has 224 valence electrons. The summed E-state index contributed by atoms with van der Waals surface area (Å²) < 4.78 is 5.24. The third-order valence-electron chi connectivity index (χ3n) is 7.75. The number of para-hydroxylation sites is 3. The van der Waals surface area contributed by atoms with E-state index < -0.39 is 6.10 Å². The number of tetrazole rings is 1. The van der Waals surface area contributed by atoms with Crippen LogP contribution in [-0.4, -0.2) is 45.1 Å². The number of methoxy groups -OCH3 is 1. The molecule has 45 heavy (non-hydrogen) atoms. The van der Waals surface area contributed by atoms with E-state index in [4.69, 9.17) is 4.74 Å². The number of fused-ring (bicyclic) bond motifs is 2. The molecular weight excluding hydrogens is 581 g/mol. The second-order valence-corrected chi connectivity index (χ2v) is 11.8. The highest BCUT2D eigenvalue weighted by Gasteiger charge is 2.27. The van der Waals surface area contributed by atoms with Gasteiger partial charge in [0.2, 0.25) is 0 Å². The third kappa shape index (κ3) is 6.13. The molecule has 1 atom stereocenters. The summed E-state index contributed by atoms with van der Waals surface area (Å²) in [5.41, 5.74) is 6.15. The van der Waals surface area contributed by atoms with E-state index in [9.17, 15) is 5.11 Å². The molecule has 9 heteroatoms. The van der Waals surface area contributed by atoms with Crippen LogP contribution in [0.3, 0.4) is 0 Å². The minimum absolute atomic E-state index is 0.428. The number of β-amino-alcohol motifs (C(OH)–C–C–N with tert-alkyl or cyclic N) is 1. The fourth-order valence-corrected chi connectivity index (χ4v) is 6.60. The van der Waals surface area contributed by atoms with Crippen LogP contribution in [0.15, 0.2) is 137 Å². The first-order valence-electron chi connectivity index (χ1n) is 14.9. The standard InChI is InChI=1S/C36H32N6O2S/c1-44-31-20-16-28(17-21-31)42-38-36(37-39-42)23-19-30(43)25-40-32-14-8-9-15-34(32)45-35-22-18-29(24-33(35)40)41(26-10-4-2-5-11-26)27-12-6-3-7-13-27/h2-18,20-22,24,30,43H,19,23,25H2,1H3. The Morgan fingerprint density at radius 2 is 1.42 bits per heavy atom. The molecule has 2 heterocycles. The number of aliphatic hydroxyl groups is 1. The normalized spacial score (nSPS) is 12.7. The van der Waals surface area contributed by atoms with Crippen LogP contribution >= 0.6 is 11.8 Å².